The van der Waals surface area contributed by atoms with Crippen LogP contribution in [-0.2, 0) is 10.7 Å². The summed E-state index contributed by atoms with van der Waals surface area (Å²) in [5.41, 5.74) is 0. The summed E-state index contributed by atoms with van der Waals surface area (Å²) < 4.78 is 26.1. The molecule has 0 spiro atoms. The quantitative estimate of drug-likeness (QED) is 0.739. The molecule has 3 aromatic carbocycles. The Labute approximate surface area is 131 Å². The lowest BCUT2D eigenvalue weighted by Gasteiger charge is -2.03. The minimum Gasteiger partial charge on any atom is -0.457 e. The van der Waals surface area contributed by atoms with Crippen molar-refractivity contribution in [2.75, 3.05) is 0 Å². The standard InChI is InChI=1S/C12H10O.C6H6O2S/c1-3-7-11(8-4-1)13-12-9-5-2-6-10-12;7-9(8)6-4-2-1-3-5-6/h1-10H;1-5,9H. The molecule has 0 unspecified atom stereocenters. The molecule has 22 heavy (non-hydrogen) atoms. The van der Waals surface area contributed by atoms with Crippen molar-refractivity contribution in [3.63, 3.8) is 0 Å². The van der Waals surface area contributed by atoms with Crippen LogP contribution in [-0.4, -0.2) is 8.42 Å². The molecule has 3 aromatic rings. The maximum Gasteiger partial charge on any atom is 0.168 e. The molecule has 0 aliphatic heterocycles. The number of hydrogen-bond donors (Lipinski definition) is 1. The molecule has 0 heterocycles. The van der Waals surface area contributed by atoms with E-state index in [0.717, 1.165) is 11.5 Å². The molecule has 0 fully saturated rings. The molecule has 4 heteroatoms. The van der Waals surface area contributed by atoms with Crippen molar-refractivity contribution in [1.29, 1.82) is 0 Å². The van der Waals surface area contributed by atoms with Crippen molar-refractivity contribution in [3.05, 3.63) is 91.0 Å². The zero-order valence-corrected chi connectivity index (χ0v) is 12.7. The van der Waals surface area contributed by atoms with Gasteiger partial charge in [-0.2, -0.15) is 0 Å². The summed E-state index contributed by atoms with van der Waals surface area (Å²) in [5, 5.41) is 0. The van der Waals surface area contributed by atoms with Gasteiger partial charge in [0.05, 0.1) is 4.90 Å². The minimum absolute atomic E-state index is 0.368. The molecule has 0 atom stereocenters. The highest BCUT2D eigenvalue weighted by atomic mass is 32.2. The molecule has 0 aliphatic carbocycles. The molecular formula is C18H16O3S. The molecule has 3 rings (SSSR count). The number of thiol groups is 1. The smallest absolute Gasteiger partial charge is 0.168 e. The summed E-state index contributed by atoms with van der Waals surface area (Å²) in [6.45, 7) is 0. The maximum absolute atomic E-state index is 10.2. The highest BCUT2D eigenvalue weighted by molar-refractivity contribution is 7.72. The van der Waals surface area contributed by atoms with Gasteiger partial charge in [0, 0.05) is 0 Å². The van der Waals surface area contributed by atoms with Crippen molar-refractivity contribution in [2.45, 2.75) is 4.90 Å². The van der Waals surface area contributed by atoms with Crippen molar-refractivity contribution in [2.24, 2.45) is 0 Å². The van der Waals surface area contributed by atoms with Gasteiger partial charge in [0.15, 0.2) is 10.7 Å². The average molecular weight is 312 g/mol. The number of ether oxygens (including phenoxy) is 1. The second kappa shape index (κ2) is 8.64. The Morgan fingerprint density at radius 1 is 0.545 bits per heavy atom. The first-order chi connectivity index (χ1) is 10.8. The van der Waals surface area contributed by atoms with Crippen LogP contribution >= 0.6 is 0 Å². The van der Waals surface area contributed by atoms with Crippen LogP contribution in [0.1, 0.15) is 0 Å². The molecule has 3 nitrogen and oxygen atoms in total. The predicted octanol–water partition coefficient (Wildman–Crippen LogP) is 4.14. The van der Waals surface area contributed by atoms with Gasteiger partial charge < -0.3 is 4.74 Å². The molecule has 0 amide bonds. The van der Waals surface area contributed by atoms with Crippen LogP contribution in [0.15, 0.2) is 95.9 Å². The molecule has 0 bridgehead atoms. The molecule has 0 aromatic heterocycles. The average Bonchev–Trinajstić information content (AvgIpc) is 2.58. The fourth-order valence-electron chi connectivity index (χ4n) is 1.66. The van der Waals surface area contributed by atoms with E-state index in [-0.39, 0.29) is 0 Å². The predicted molar refractivity (Wildman–Crippen MR) is 88.0 cm³/mol. The van der Waals surface area contributed by atoms with E-state index in [0.29, 0.717) is 4.90 Å². The Hall–Kier alpha value is -2.59. The molecule has 0 saturated carbocycles. The fraction of sp³-hybridized carbons (Fsp3) is 0. The third-order valence-electron chi connectivity index (χ3n) is 2.69. The second-order valence-electron chi connectivity index (χ2n) is 4.32. The second-order valence-corrected chi connectivity index (χ2v) is 5.35. The molecule has 0 radical (unpaired) electrons. The molecular weight excluding hydrogens is 296 g/mol. The van der Waals surface area contributed by atoms with E-state index >= 15 is 0 Å². The Morgan fingerprint density at radius 2 is 0.909 bits per heavy atom. The lowest BCUT2D eigenvalue weighted by molar-refractivity contribution is 0.482. The zero-order valence-electron chi connectivity index (χ0n) is 11.8. The third-order valence-corrected chi connectivity index (χ3v) is 3.41. The number of rotatable bonds is 3. The summed E-state index contributed by atoms with van der Waals surface area (Å²) in [7, 11) is -2.40. The molecule has 0 aliphatic rings. The fourth-order valence-corrected chi connectivity index (χ4v) is 2.08. The zero-order chi connectivity index (χ0) is 15.6. The van der Waals surface area contributed by atoms with Crippen LogP contribution in [0.3, 0.4) is 0 Å². The normalized spacial score (nSPS) is 9.68. The Balaban J connectivity index is 0.000000172. The maximum atomic E-state index is 10.2. The molecule has 0 N–H and O–H groups in total. The van der Waals surface area contributed by atoms with Crippen LogP contribution in [0.25, 0.3) is 0 Å². The van der Waals surface area contributed by atoms with Gasteiger partial charge in [-0.3, -0.25) is 0 Å². The van der Waals surface area contributed by atoms with Crippen LogP contribution < -0.4 is 4.74 Å². The first kappa shape index (κ1) is 15.8. The summed E-state index contributed by atoms with van der Waals surface area (Å²) in [6, 6.07) is 27.8. The summed E-state index contributed by atoms with van der Waals surface area (Å²) in [6.07, 6.45) is 0. The van der Waals surface area contributed by atoms with Crippen LogP contribution in [0.4, 0.5) is 0 Å². The lowest BCUT2D eigenvalue weighted by Crippen LogP contribution is -1.81. The first-order valence-corrected chi connectivity index (χ1v) is 7.91. The third kappa shape index (κ3) is 5.42. The van der Waals surface area contributed by atoms with E-state index in [1.165, 1.54) is 0 Å². The van der Waals surface area contributed by atoms with Crippen molar-refractivity contribution in [1.82, 2.24) is 0 Å². The number of hydrogen-bond acceptors (Lipinski definition) is 3. The van der Waals surface area contributed by atoms with Crippen molar-refractivity contribution >= 4 is 10.7 Å². The summed E-state index contributed by atoms with van der Waals surface area (Å²) in [5.74, 6) is 1.74. The molecule has 112 valence electrons. The van der Waals surface area contributed by atoms with E-state index in [2.05, 4.69) is 0 Å². The molecule has 0 saturated heterocycles. The van der Waals surface area contributed by atoms with Gasteiger partial charge in [-0.15, -0.1) is 0 Å². The lowest BCUT2D eigenvalue weighted by atomic mass is 10.3. The summed E-state index contributed by atoms with van der Waals surface area (Å²) >= 11 is 0. The van der Waals surface area contributed by atoms with Crippen molar-refractivity contribution in [3.8, 4) is 11.5 Å². The van der Waals surface area contributed by atoms with Crippen molar-refractivity contribution < 1.29 is 13.2 Å². The highest BCUT2D eigenvalue weighted by Crippen LogP contribution is 2.19. The highest BCUT2D eigenvalue weighted by Gasteiger charge is 1.92. The van der Waals surface area contributed by atoms with Crippen LogP contribution in [0.5, 0.6) is 11.5 Å². The van der Waals surface area contributed by atoms with Gasteiger partial charge in [0.25, 0.3) is 0 Å². The Kier molecular flexibility index (Phi) is 6.20. The van der Waals surface area contributed by atoms with Gasteiger partial charge in [0.1, 0.15) is 11.5 Å². The van der Waals surface area contributed by atoms with E-state index < -0.39 is 10.7 Å². The SMILES string of the molecule is O=[SH](=O)c1ccccc1.c1ccc(Oc2ccccc2)cc1. The Bertz CT molecular complexity index is 694. The first-order valence-electron chi connectivity index (χ1n) is 6.73. The largest absolute Gasteiger partial charge is 0.457 e. The summed E-state index contributed by atoms with van der Waals surface area (Å²) in [4.78, 5) is 0.368. The van der Waals surface area contributed by atoms with E-state index in [1.54, 1.807) is 30.3 Å². The number of para-hydroxylation sites is 2. The van der Waals surface area contributed by atoms with E-state index in [9.17, 15) is 8.42 Å². The number of benzene rings is 3. The minimum atomic E-state index is -2.40. The Morgan fingerprint density at radius 3 is 1.23 bits per heavy atom. The van der Waals surface area contributed by atoms with E-state index in [4.69, 9.17) is 4.74 Å². The van der Waals surface area contributed by atoms with E-state index in [1.807, 2.05) is 60.7 Å². The topological polar surface area (TPSA) is 43.4 Å². The van der Waals surface area contributed by atoms with Crippen LogP contribution in [0.2, 0.25) is 0 Å². The van der Waals surface area contributed by atoms with Gasteiger partial charge in [-0.1, -0.05) is 54.6 Å². The monoisotopic (exact) mass is 312 g/mol. The van der Waals surface area contributed by atoms with Gasteiger partial charge >= 0.3 is 0 Å². The van der Waals surface area contributed by atoms with Gasteiger partial charge in [-0.25, -0.2) is 8.42 Å². The van der Waals surface area contributed by atoms with Crippen LogP contribution in [0, 0.1) is 0 Å². The van der Waals surface area contributed by atoms with Gasteiger partial charge in [-0.05, 0) is 36.4 Å². The van der Waals surface area contributed by atoms with Gasteiger partial charge in [0.2, 0.25) is 0 Å².